The first-order chi connectivity index (χ1) is 16.2. The van der Waals surface area contributed by atoms with E-state index in [1.807, 2.05) is 25.7 Å². The van der Waals surface area contributed by atoms with Gasteiger partial charge in [0.25, 0.3) is 5.91 Å². The smallest absolute Gasteiger partial charge is 0.411 e. The van der Waals surface area contributed by atoms with Gasteiger partial charge in [0.15, 0.2) is 0 Å². The van der Waals surface area contributed by atoms with Crippen molar-refractivity contribution in [1.82, 2.24) is 19.8 Å². The van der Waals surface area contributed by atoms with Crippen molar-refractivity contribution in [3.05, 3.63) is 17.6 Å². The predicted molar refractivity (Wildman–Crippen MR) is 133 cm³/mol. The number of aromatic nitrogens is 2. The van der Waals surface area contributed by atoms with Crippen LogP contribution in [0.2, 0.25) is 0 Å². The van der Waals surface area contributed by atoms with E-state index in [4.69, 9.17) is 15.2 Å². The van der Waals surface area contributed by atoms with E-state index < -0.39 is 23.2 Å². The Hall–Kier alpha value is -3.68. The molecular weight excluding hydrogens is 452 g/mol. The quantitative estimate of drug-likeness (QED) is 0.609. The van der Waals surface area contributed by atoms with Crippen LogP contribution in [0.3, 0.4) is 0 Å². The summed E-state index contributed by atoms with van der Waals surface area (Å²) in [5.74, 6) is 5.59. The van der Waals surface area contributed by atoms with Crippen molar-refractivity contribution in [3.63, 3.8) is 0 Å². The maximum Gasteiger partial charge on any atom is 0.411 e. The minimum Gasteiger partial charge on any atom is -0.444 e. The predicted octanol–water partition coefficient (Wildman–Crippen LogP) is 2.56. The molecule has 11 heteroatoms. The van der Waals surface area contributed by atoms with Crippen LogP contribution in [-0.4, -0.2) is 69.9 Å². The number of nitrogens with one attached hydrogen (secondary N) is 1. The van der Waals surface area contributed by atoms with Gasteiger partial charge in [-0.25, -0.2) is 14.6 Å². The lowest BCUT2D eigenvalue weighted by molar-refractivity contribution is 0.0239. The monoisotopic (exact) mass is 488 g/mol. The summed E-state index contributed by atoms with van der Waals surface area (Å²) in [6.45, 7) is 14.5. The highest BCUT2D eigenvalue weighted by molar-refractivity contribution is 5.95. The largest absolute Gasteiger partial charge is 0.444 e. The Kier molecular flexibility index (Phi) is 8.79. The normalized spacial score (nSPS) is 14.4. The van der Waals surface area contributed by atoms with E-state index in [2.05, 4.69) is 22.1 Å². The van der Waals surface area contributed by atoms with Crippen LogP contribution in [-0.2, 0) is 16.0 Å². The van der Waals surface area contributed by atoms with Gasteiger partial charge in [0, 0.05) is 32.4 Å². The fourth-order valence-corrected chi connectivity index (χ4v) is 3.30. The van der Waals surface area contributed by atoms with Gasteiger partial charge >= 0.3 is 12.2 Å². The molecule has 11 nitrogen and oxygen atoms in total. The highest BCUT2D eigenvalue weighted by atomic mass is 16.6. The lowest BCUT2D eigenvalue weighted by Crippen LogP contribution is -2.50. The van der Waals surface area contributed by atoms with E-state index in [0.717, 1.165) is 0 Å². The summed E-state index contributed by atoms with van der Waals surface area (Å²) < 4.78 is 12.3. The van der Waals surface area contributed by atoms with Gasteiger partial charge in [-0.2, -0.15) is 0 Å². The maximum absolute atomic E-state index is 12.4. The second kappa shape index (κ2) is 11.2. The number of alkyl carbamates (subject to hydrolysis) is 1. The number of carbonyl (C=O) groups excluding carboxylic acids is 3. The summed E-state index contributed by atoms with van der Waals surface area (Å²) in [7, 11) is 0. The van der Waals surface area contributed by atoms with E-state index in [9.17, 15) is 14.4 Å². The number of ether oxygens (including phenoxy) is 2. The molecule has 1 aromatic rings. The highest BCUT2D eigenvalue weighted by Crippen LogP contribution is 2.23. The number of nitrogens with zero attached hydrogens (tertiary/aromatic N) is 4. The number of hydrogen-bond acceptors (Lipinski definition) is 7. The van der Waals surface area contributed by atoms with Gasteiger partial charge in [-0.05, 0) is 54.5 Å². The topological polar surface area (TPSA) is 132 Å². The molecular formula is C24H36N6O5. The van der Waals surface area contributed by atoms with Crippen LogP contribution < -0.4 is 16.0 Å². The molecule has 1 aliphatic rings. The molecule has 2 rings (SSSR count). The molecule has 0 atom stereocenters. The molecule has 0 bridgehead atoms. The Morgan fingerprint density at radius 2 is 1.66 bits per heavy atom. The van der Waals surface area contributed by atoms with Gasteiger partial charge in [-0.1, -0.05) is 5.92 Å². The number of rotatable bonds is 5. The Morgan fingerprint density at radius 3 is 2.17 bits per heavy atom. The Morgan fingerprint density at radius 1 is 1.06 bits per heavy atom. The molecule has 0 unspecified atom stereocenters. The van der Waals surface area contributed by atoms with Gasteiger partial charge in [-0.3, -0.25) is 14.7 Å². The zero-order valence-corrected chi connectivity index (χ0v) is 21.6. The molecule has 0 spiro atoms. The van der Waals surface area contributed by atoms with Crippen molar-refractivity contribution in [2.75, 3.05) is 31.1 Å². The van der Waals surface area contributed by atoms with Crippen molar-refractivity contribution in [2.45, 2.75) is 66.2 Å². The second-order valence-corrected chi connectivity index (χ2v) is 9.96. The number of hydrogen-bond donors (Lipinski definition) is 2. The number of imidazole rings is 1. The summed E-state index contributed by atoms with van der Waals surface area (Å²) >= 11 is 0. The number of piperazine rings is 1. The van der Waals surface area contributed by atoms with E-state index in [1.54, 1.807) is 37.2 Å². The number of amides is 3. The van der Waals surface area contributed by atoms with E-state index in [-0.39, 0.29) is 24.0 Å². The number of primary amides is 1. The van der Waals surface area contributed by atoms with Crippen LogP contribution in [0.4, 0.5) is 15.5 Å². The number of anilines is 1. The average molecular weight is 489 g/mol. The van der Waals surface area contributed by atoms with Gasteiger partial charge < -0.3 is 25.0 Å². The highest BCUT2D eigenvalue weighted by Gasteiger charge is 2.29. The molecule has 1 aromatic heterocycles. The fourth-order valence-electron chi connectivity index (χ4n) is 3.30. The van der Waals surface area contributed by atoms with Gasteiger partial charge in [0.1, 0.15) is 16.9 Å². The van der Waals surface area contributed by atoms with Crippen molar-refractivity contribution in [3.8, 4) is 11.8 Å². The SMILES string of the molecule is CC#CCn1c(N2CCN(C(=O)OC(C)(C)C)CC2)nc(/C=C/NC(=O)OC(C)(C)C)c1C(N)=O. The molecule has 3 N–H and O–H groups in total. The molecule has 1 fully saturated rings. The summed E-state index contributed by atoms with van der Waals surface area (Å²) in [4.78, 5) is 44.9. The Labute approximate surface area is 206 Å². The molecule has 35 heavy (non-hydrogen) atoms. The van der Waals surface area contributed by atoms with Crippen LogP contribution in [0.25, 0.3) is 6.08 Å². The maximum atomic E-state index is 12.4. The number of carbonyl (C=O) groups is 3. The molecule has 1 saturated heterocycles. The minimum absolute atomic E-state index is 0.166. The van der Waals surface area contributed by atoms with E-state index in [0.29, 0.717) is 32.1 Å². The Balaban J connectivity index is 2.27. The van der Waals surface area contributed by atoms with Crippen molar-refractivity contribution >= 4 is 30.1 Å². The molecule has 1 aliphatic heterocycles. The van der Waals surface area contributed by atoms with Crippen LogP contribution in [0.5, 0.6) is 0 Å². The first-order valence-electron chi connectivity index (χ1n) is 11.4. The van der Waals surface area contributed by atoms with E-state index in [1.165, 1.54) is 12.3 Å². The molecule has 2 heterocycles. The zero-order valence-electron chi connectivity index (χ0n) is 21.6. The van der Waals surface area contributed by atoms with Gasteiger partial charge in [-0.15, -0.1) is 5.92 Å². The lowest BCUT2D eigenvalue weighted by Gasteiger charge is -2.36. The third-order valence-electron chi connectivity index (χ3n) is 4.68. The lowest BCUT2D eigenvalue weighted by atomic mass is 10.2. The minimum atomic E-state index is -0.675. The molecule has 3 amide bonds. The molecule has 0 aliphatic carbocycles. The van der Waals surface area contributed by atoms with Crippen molar-refractivity contribution in [1.29, 1.82) is 0 Å². The van der Waals surface area contributed by atoms with Crippen molar-refractivity contribution in [2.24, 2.45) is 5.73 Å². The van der Waals surface area contributed by atoms with Gasteiger partial charge in [0.2, 0.25) is 5.95 Å². The third-order valence-corrected chi connectivity index (χ3v) is 4.68. The summed E-state index contributed by atoms with van der Waals surface area (Å²) in [5, 5.41) is 2.50. The number of nitrogens with two attached hydrogens (primary N) is 1. The standard InChI is InChI=1S/C24H36N6O5/c1-8-9-12-30-18(19(25)31)17(10-11-26-21(32)34-23(2,3)4)27-20(30)28-13-15-29(16-14-28)22(33)35-24(5,6)7/h10-11H,12-16H2,1-7H3,(H2,25,31)(H,26,32)/b11-10+. The zero-order chi connectivity index (χ0) is 26.4. The second-order valence-electron chi connectivity index (χ2n) is 9.96. The van der Waals surface area contributed by atoms with Crippen LogP contribution in [0.1, 0.15) is 64.6 Å². The summed E-state index contributed by atoms with van der Waals surface area (Å²) in [5.41, 5.74) is 4.92. The van der Waals surface area contributed by atoms with E-state index >= 15 is 0 Å². The molecule has 192 valence electrons. The summed E-state index contributed by atoms with van der Waals surface area (Å²) in [6, 6.07) is 0. The van der Waals surface area contributed by atoms with Crippen LogP contribution >= 0.6 is 0 Å². The first kappa shape index (κ1) is 27.6. The average Bonchev–Trinajstić information content (AvgIpc) is 3.08. The van der Waals surface area contributed by atoms with Crippen molar-refractivity contribution < 1.29 is 23.9 Å². The Bertz CT molecular complexity index is 1030. The van der Waals surface area contributed by atoms with Gasteiger partial charge in [0.05, 0.1) is 12.2 Å². The molecule has 0 aromatic carbocycles. The molecule has 0 radical (unpaired) electrons. The third kappa shape index (κ3) is 8.24. The summed E-state index contributed by atoms with van der Waals surface area (Å²) in [6.07, 6.45) is 1.83. The van der Waals surface area contributed by atoms with Crippen LogP contribution in [0.15, 0.2) is 6.20 Å². The van der Waals surface area contributed by atoms with Crippen LogP contribution in [0, 0.1) is 11.8 Å². The molecule has 0 saturated carbocycles. The first-order valence-corrected chi connectivity index (χ1v) is 11.4. The fraction of sp³-hybridized carbons (Fsp3) is 0.583.